The summed E-state index contributed by atoms with van der Waals surface area (Å²) in [6.07, 6.45) is 0.809. The van der Waals surface area contributed by atoms with Crippen LogP contribution in [0.25, 0.3) is 0 Å². The Kier molecular flexibility index (Phi) is 5.32. The topological polar surface area (TPSA) is 84.7 Å². The Morgan fingerprint density at radius 3 is 2.74 bits per heavy atom. The third-order valence-corrected chi connectivity index (χ3v) is 4.78. The molecule has 2 amide bonds. The summed E-state index contributed by atoms with van der Waals surface area (Å²) in [7, 11) is 1.63. The molecule has 2 heterocycles. The predicted octanol–water partition coefficient (Wildman–Crippen LogP) is 3.04. The molecule has 0 radical (unpaired) electrons. The summed E-state index contributed by atoms with van der Waals surface area (Å²) in [4.78, 5) is 26.7. The first-order valence-corrected chi connectivity index (χ1v) is 8.97. The smallest absolute Gasteiger partial charge is 0.249 e. The number of carbonyl (C=O) groups excluding carboxylic acids is 2. The maximum Gasteiger partial charge on any atom is 0.249 e. The molecule has 1 aliphatic rings. The van der Waals surface area contributed by atoms with E-state index in [0.717, 1.165) is 11.3 Å². The van der Waals surface area contributed by atoms with Gasteiger partial charge in [0.05, 0.1) is 12.3 Å². The van der Waals surface area contributed by atoms with E-state index in [9.17, 15) is 9.59 Å². The fourth-order valence-corrected chi connectivity index (χ4v) is 3.25. The molecule has 3 rings (SSSR count). The second-order valence-corrected chi connectivity index (χ2v) is 7.54. The average molecular weight is 371 g/mol. The highest BCUT2D eigenvalue weighted by molar-refractivity contribution is 6.07. The minimum Gasteiger partial charge on any atom is -0.384 e. The van der Waals surface area contributed by atoms with E-state index in [1.807, 2.05) is 45.0 Å². The van der Waals surface area contributed by atoms with E-state index in [0.29, 0.717) is 25.1 Å². The molecule has 27 heavy (non-hydrogen) atoms. The summed E-state index contributed by atoms with van der Waals surface area (Å²) in [6.45, 7) is 6.42. The standard InChI is InChI=1S/C20H25N3O4/c1-13-5-7-14(8-6-13)23-15(9-10-18(23)24)19(25)21-17-11-16(22-27-17)20(2,3)12-26-4/h5-8,11,15H,9-10,12H2,1-4H3,(H,21,25)/t15-/m0/s1. The number of nitrogens with one attached hydrogen (secondary N) is 1. The lowest BCUT2D eigenvalue weighted by molar-refractivity contribution is -0.120. The van der Waals surface area contributed by atoms with Crippen LogP contribution in [0.2, 0.25) is 0 Å². The van der Waals surface area contributed by atoms with Crippen molar-refractivity contribution in [1.82, 2.24) is 5.16 Å². The zero-order valence-electron chi connectivity index (χ0n) is 16.1. The fourth-order valence-electron chi connectivity index (χ4n) is 3.25. The van der Waals surface area contributed by atoms with Crippen LogP contribution in [0.15, 0.2) is 34.9 Å². The number of aryl methyl sites for hydroxylation is 1. The molecule has 7 nitrogen and oxygen atoms in total. The summed E-state index contributed by atoms with van der Waals surface area (Å²) in [6, 6.07) is 8.70. The number of amides is 2. The quantitative estimate of drug-likeness (QED) is 0.844. The van der Waals surface area contributed by atoms with Gasteiger partial charge in [-0.1, -0.05) is 36.7 Å². The number of nitrogens with zero attached hydrogens (tertiary/aromatic N) is 2. The fraction of sp³-hybridized carbons (Fsp3) is 0.450. The number of hydrogen-bond acceptors (Lipinski definition) is 5. The van der Waals surface area contributed by atoms with Gasteiger partial charge in [0.25, 0.3) is 0 Å². The molecule has 0 bridgehead atoms. The van der Waals surface area contributed by atoms with Crippen molar-refractivity contribution in [2.24, 2.45) is 0 Å². The molecule has 1 fully saturated rings. The monoisotopic (exact) mass is 371 g/mol. The van der Waals surface area contributed by atoms with E-state index in [-0.39, 0.29) is 23.1 Å². The number of hydrogen-bond donors (Lipinski definition) is 1. The first-order valence-electron chi connectivity index (χ1n) is 8.97. The summed E-state index contributed by atoms with van der Waals surface area (Å²) >= 11 is 0. The highest BCUT2D eigenvalue weighted by Crippen LogP contribution is 2.29. The molecule has 7 heteroatoms. The maximum atomic E-state index is 12.8. The molecule has 0 aliphatic carbocycles. The van der Waals surface area contributed by atoms with Crippen molar-refractivity contribution in [2.75, 3.05) is 23.9 Å². The third kappa shape index (κ3) is 4.03. The Hall–Kier alpha value is -2.67. The van der Waals surface area contributed by atoms with Crippen LogP contribution in [0.3, 0.4) is 0 Å². The third-order valence-electron chi connectivity index (χ3n) is 4.78. The van der Waals surface area contributed by atoms with E-state index < -0.39 is 6.04 Å². The Morgan fingerprint density at radius 1 is 1.37 bits per heavy atom. The van der Waals surface area contributed by atoms with Crippen LogP contribution >= 0.6 is 0 Å². The normalized spacial score (nSPS) is 17.4. The highest BCUT2D eigenvalue weighted by atomic mass is 16.5. The molecule has 1 aromatic heterocycles. The van der Waals surface area contributed by atoms with E-state index in [4.69, 9.17) is 9.26 Å². The van der Waals surface area contributed by atoms with Gasteiger partial charge < -0.3 is 9.26 Å². The molecule has 1 aromatic carbocycles. The molecule has 0 spiro atoms. The number of rotatable bonds is 6. The molecular formula is C20H25N3O4. The Labute approximate surface area is 158 Å². The van der Waals surface area contributed by atoms with Crippen molar-refractivity contribution in [3.8, 4) is 0 Å². The van der Waals surface area contributed by atoms with Gasteiger partial charge in [-0.05, 0) is 25.5 Å². The van der Waals surface area contributed by atoms with Crippen molar-refractivity contribution < 1.29 is 18.8 Å². The van der Waals surface area contributed by atoms with Crippen LogP contribution in [-0.2, 0) is 19.7 Å². The van der Waals surface area contributed by atoms with Crippen LogP contribution in [-0.4, -0.2) is 36.7 Å². The van der Waals surface area contributed by atoms with Gasteiger partial charge in [-0.3, -0.25) is 19.8 Å². The van der Waals surface area contributed by atoms with Crippen molar-refractivity contribution in [3.63, 3.8) is 0 Å². The van der Waals surface area contributed by atoms with E-state index in [1.54, 1.807) is 18.1 Å². The lowest BCUT2D eigenvalue weighted by Crippen LogP contribution is -2.41. The van der Waals surface area contributed by atoms with Crippen LogP contribution in [0.5, 0.6) is 0 Å². The Morgan fingerprint density at radius 2 is 2.07 bits per heavy atom. The van der Waals surface area contributed by atoms with Crippen LogP contribution in [0.1, 0.15) is 37.9 Å². The largest absolute Gasteiger partial charge is 0.384 e. The minimum atomic E-state index is -0.569. The molecule has 1 atom stereocenters. The second-order valence-electron chi connectivity index (χ2n) is 7.54. The number of methoxy groups -OCH3 is 1. The molecule has 144 valence electrons. The molecule has 0 unspecified atom stereocenters. The van der Waals surface area contributed by atoms with Gasteiger partial charge in [0.2, 0.25) is 17.7 Å². The molecule has 2 aromatic rings. The van der Waals surface area contributed by atoms with E-state index in [1.165, 1.54) is 0 Å². The first kappa shape index (κ1) is 19.1. The predicted molar refractivity (Wildman–Crippen MR) is 102 cm³/mol. The summed E-state index contributed by atoms with van der Waals surface area (Å²) < 4.78 is 10.5. The second kappa shape index (κ2) is 7.52. The number of carbonyl (C=O) groups is 2. The van der Waals surface area contributed by atoms with Gasteiger partial charge in [-0.15, -0.1) is 0 Å². The lowest BCUT2D eigenvalue weighted by Gasteiger charge is -2.23. The van der Waals surface area contributed by atoms with E-state index in [2.05, 4.69) is 10.5 Å². The highest BCUT2D eigenvalue weighted by Gasteiger charge is 2.37. The summed E-state index contributed by atoms with van der Waals surface area (Å²) in [5.41, 5.74) is 2.18. The number of ether oxygens (including phenoxy) is 1. The van der Waals surface area contributed by atoms with Crippen LogP contribution in [0.4, 0.5) is 11.6 Å². The molecular weight excluding hydrogens is 346 g/mol. The van der Waals surface area contributed by atoms with Crippen LogP contribution < -0.4 is 10.2 Å². The van der Waals surface area contributed by atoms with Crippen LogP contribution in [0, 0.1) is 6.92 Å². The Bertz CT molecular complexity index is 826. The van der Waals surface area contributed by atoms with E-state index >= 15 is 0 Å². The number of aromatic nitrogens is 1. The minimum absolute atomic E-state index is 0.0570. The molecule has 0 saturated carbocycles. The average Bonchev–Trinajstić information content (AvgIpc) is 3.23. The maximum absolute atomic E-state index is 12.8. The number of benzene rings is 1. The van der Waals surface area contributed by atoms with Gasteiger partial charge >= 0.3 is 0 Å². The van der Waals surface area contributed by atoms with Crippen molar-refractivity contribution in [3.05, 3.63) is 41.6 Å². The van der Waals surface area contributed by atoms with Crippen molar-refractivity contribution in [1.29, 1.82) is 0 Å². The zero-order chi connectivity index (χ0) is 19.6. The zero-order valence-corrected chi connectivity index (χ0v) is 16.1. The van der Waals surface area contributed by atoms with Gasteiger partial charge in [-0.2, -0.15) is 0 Å². The molecule has 1 saturated heterocycles. The molecule has 1 aliphatic heterocycles. The summed E-state index contributed by atoms with van der Waals surface area (Å²) in [5, 5.41) is 6.79. The SMILES string of the molecule is COCC(C)(C)c1cc(NC(=O)[C@@H]2CCC(=O)N2c2ccc(C)cc2)on1. The van der Waals surface area contributed by atoms with Gasteiger partial charge in [0, 0.05) is 30.7 Å². The van der Waals surface area contributed by atoms with Crippen molar-refractivity contribution >= 4 is 23.4 Å². The van der Waals surface area contributed by atoms with Gasteiger partial charge in [0.1, 0.15) is 6.04 Å². The van der Waals surface area contributed by atoms with Crippen molar-refractivity contribution in [2.45, 2.75) is 45.1 Å². The number of anilines is 2. The summed E-state index contributed by atoms with van der Waals surface area (Å²) in [5.74, 6) is -0.0745. The lowest BCUT2D eigenvalue weighted by atomic mass is 9.90. The van der Waals surface area contributed by atoms with Gasteiger partial charge in [0.15, 0.2) is 0 Å². The van der Waals surface area contributed by atoms with Gasteiger partial charge in [-0.25, -0.2) is 0 Å². The first-order chi connectivity index (χ1) is 12.8. The Balaban J connectivity index is 1.74. The molecule has 1 N–H and O–H groups in total.